The van der Waals surface area contributed by atoms with Crippen molar-refractivity contribution in [1.82, 2.24) is 10.2 Å². The van der Waals surface area contributed by atoms with Crippen molar-refractivity contribution in [1.29, 1.82) is 0 Å². The summed E-state index contributed by atoms with van der Waals surface area (Å²) in [6, 6.07) is 6.54. The van der Waals surface area contributed by atoms with E-state index in [0.29, 0.717) is 24.5 Å². The summed E-state index contributed by atoms with van der Waals surface area (Å²) in [5, 5.41) is 2.92. The summed E-state index contributed by atoms with van der Waals surface area (Å²) < 4.78 is 15.8. The average Bonchev–Trinajstić information content (AvgIpc) is 2.66. The zero-order valence-corrected chi connectivity index (χ0v) is 15.7. The Balaban J connectivity index is 1.75. The van der Waals surface area contributed by atoms with Crippen LogP contribution in [0.25, 0.3) is 0 Å². The molecule has 0 bridgehead atoms. The van der Waals surface area contributed by atoms with Crippen molar-refractivity contribution in [3.8, 4) is 5.75 Å². The van der Waals surface area contributed by atoms with E-state index in [1.165, 1.54) is 0 Å². The first-order chi connectivity index (χ1) is 12.4. The molecule has 1 aliphatic heterocycles. The summed E-state index contributed by atoms with van der Waals surface area (Å²) in [6.07, 6.45) is 0. The topological polar surface area (TPSA) is 77.1 Å². The van der Waals surface area contributed by atoms with Gasteiger partial charge >= 0.3 is 5.97 Å². The standard InChI is InChI=1S/C19H28N2O5/c1-4-25-18(23)15-5-7-16(8-6-15)26-13-17(22)20-14-19(2,3)21-9-11-24-12-10-21/h5-8H,4,9-14H2,1-3H3,(H,20,22). The summed E-state index contributed by atoms with van der Waals surface area (Å²) in [7, 11) is 0. The number of morpholine rings is 1. The highest BCUT2D eigenvalue weighted by Crippen LogP contribution is 2.15. The van der Waals surface area contributed by atoms with E-state index in [1.807, 2.05) is 0 Å². The first-order valence-electron chi connectivity index (χ1n) is 8.92. The minimum Gasteiger partial charge on any atom is -0.484 e. The summed E-state index contributed by atoms with van der Waals surface area (Å²) >= 11 is 0. The molecule has 1 saturated heterocycles. The molecule has 1 aromatic carbocycles. The molecule has 1 amide bonds. The van der Waals surface area contributed by atoms with Crippen LogP contribution in [-0.2, 0) is 14.3 Å². The first kappa shape index (κ1) is 20.2. The highest BCUT2D eigenvalue weighted by atomic mass is 16.5. The molecule has 144 valence electrons. The number of carbonyl (C=O) groups excluding carboxylic acids is 2. The maximum Gasteiger partial charge on any atom is 0.338 e. The Bertz CT molecular complexity index is 594. The SMILES string of the molecule is CCOC(=O)c1ccc(OCC(=O)NCC(C)(C)N2CCOCC2)cc1. The molecule has 2 rings (SSSR count). The van der Waals surface area contributed by atoms with Crippen LogP contribution in [0.15, 0.2) is 24.3 Å². The highest BCUT2D eigenvalue weighted by Gasteiger charge is 2.28. The molecule has 7 nitrogen and oxygen atoms in total. The van der Waals surface area contributed by atoms with Gasteiger partial charge in [0.25, 0.3) is 5.91 Å². The zero-order chi connectivity index (χ0) is 19.0. The van der Waals surface area contributed by atoms with E-state index >= 15 is 0 Å². The Labute approximate surface area is 154 Å². The lowest BCUT2D eigenvalue weighted by molar-refractivity contribution is -0.123. The van der Waals surface area contributed by atoms with Gasteiger partial charge in [-0.1, -0.05) is 0 Å². The molecule has 1 aromatic rings. The maximum absolute atomic E-state index is 12.1. The predicted octanol–water partition coefficient (Wildman–Crippen LogP) is 1.47. The molecule has 0 aliphatic carbocycles. The number of hydrogen-bond donors (Lipinski definition) is 1. The molecule has 7 heteroatoms. The summed E-state index contributed by atoms with van der Waals surface area (Å²) in [4.78, 5) is 26.0. The van der Waals surface area contributed by atoms with Gasteiger partial charge < -0.3 is 19.5 Å². The number of carbonyl (C=O) groups is 2. The number of hydrogen-bond acceptors (Lipinski definition) is 6. The molecular weight excluding hydrogens is 336 g/mol. The molecule has 1 N–H and O–H groups in total. The van der Waals surface area contributed by atoms with E-state index in [4.69, 9.17) is 14.2 Å². The van der Waals surface area contributed by atoms with Gasteiger partial charge in [-0.15, -0.1) is 0 Å². The van der Waals surface area contributed by atoms with Crippen molar-refractivity contribution >= 4 is 11.9 Å². The third-order valence-corrected chi connectivity index (χ3v) is 4.32. The molecule has 0 aromatic heterocycles. The summed E-state index contributed by atoms with van der Waals surface area (Å²) in [5.74, 6) is -0.0245. The molecule has 1 heterocycles. The molecule has 0 unspecified atom stereocenters. The van der Waals surface area contributed by atoms with Gasteiger partial charge in [0, 0.05) is 25.2 Å². The van der Waals surface area contributed by atoms with Crippen molar-refractivity contribution in [2.75, 3.05) is 46.1 Å². The zero-order valence-electron chi connectivity index (χ0n) is 15.7. The maximum atomic E-state index is 12.1. The second-order valence-corrected chi connectivity index (χ2v) is 6.72. The van der Waals surface area contributed by atoms with Crippen LogP contribution in [0, 0.1) is 0 Å². The number of nitrogens with zero attached hydrogens (tertiary/aromatic N) is 1. The number of esters is 1. The van der Waals surface area contributed by atoms with Crippen molar-refractivity contribution in [3.05, 3.63) is 29.8 Å². The van der Waals surface area contributed by atoms with Crippen molar-refractivity contribution in [2.45, 2.75) is 26.3 Å². The Morgan fingerprint density at radius 2 is 1.85 bits per heavy atom. The molecular formula is C19H28N2O5. The first-order valence-corrected chi connectivity index (χ1v) is 8.92. The predicted molar refractivity (Wildman–Crippen MR) is 97.4 cm³/mol. The van der Waals surface area contributed by atoms with E-state index in [-0.39, 0.29) is 24.0 Å². The molecule has 0 spiro atoms. The summed E-state index contributed by atoms with van der Waals surface area (Å²) in [6.45, 7) is 9.95. The molecule has 0 radical (unpaired) electrons. The van der Waals surface area contributed by atoms with Crippen LogP contribution >= 0.6 is 0 Å². The summed E-state index contributed by atoms with van der Waals surface area (Å²) in [5.41, 5.74) is 0.316. The van der Waals surface area contributed by atoms with Crippen LogP contribution < -0.4 is 10.1 Å². The van der Waals surface area contributed by atoms with Crippen LogP contribution in [0.2, 0.25) is 0 Å². The minimum atomic E-state index is -0.373. The Kier molecular flexibility index (Phi) is 7.41. The fourth-order valence-electron chi connectivity index (χ4n) is 2.70. The fraction of sp³-hybridized carbons (Fsp3) is 0.579. The molecule has 0 saturated carbocycles. The van der Waals surface area contributed by atoms with Gasteiger partial charge in [0.05, 0.1) is 25.4 Å². The number of amides is 1. The van der Waals surface area contributed by atoms with Gasteiger partial charge in [-0.05, 0) is 45.0 Å². The van der Waals surface area contributed by atoms with Crippen LogP contribution in [-0.4, -0.2) is 68.4 Å². The van der Waals surface area contributed by atoms with Gasteiger partial charge in [0.1, 0.15) is 5.75 Å². The van der Waals surface area contributed by atoms with Crippen LogP contribution in [0.4, 0.5) is 0 Å². The van der Waals surface area contributed by atoms with E-state index in [1.54, 1.807) is 31.2 Å². The lowest BCUT2D eigenvalue weighted by Gasteiger charge is -2.40. The van der Waals surface area contributed by atoms with Crippen molar-refractivity contribution in [2.24, 2.45) is 0 Å². The lowest BCUT2D eigenvalue weighted by atomic mass is 10.0. The van der Waals surface area contributed by atoms with Gasteiger partial charge in [0.15, 0.2) is 6.61 Å². The van der Waals surface area contributed by atoms with Crippen LogP contribution in [0.3, 0.4) is 0 Å². The van der Waals surface area contributed by atoms with Crippen LogP contribution in [0.5, 0.6) is 5.75 Å². The Hall–Kier alpha value is -2.12. The molecule has 1 fully saturated rings. The van der Waals surface area contributed by atoms with E-state index in [2.05, 4.69) is 24.1 Å². The van der Waals surface area contributed by atoms with E-state index in [0.717, 1.165) is 26.3 Å². The van der Waals surface area contributed by atoms with Crippen molar-refractivity contribution in [3.63, 3.8) is 0 Å². The molecule has 1 aliphatic rings. The fourth-order valence-corrected chi connectivity index (χ4v) is 2.70. The third-order valence-electron chi connectivity index (χ3n) is 4.32. The van der Waals surface area contributed by atoms with Crippen LogP contribution in [0.1, 0.15) is 31.1 Å². The monoisotopic (exact) mass is 364 g/mol. The average molecular weight is 364 g/mol. The van der Waals surface area contributed by atoms with E-state index in [9.17, 15) is 9.59 Å². The van der Waals surface area contributed by atoms with Crippen molar-refractivity contribution < 1.29 is 23.8 Å². The number of ether oxygens (including phenoxy) is 3. The van der Waals surface area contributed by atoms with Gasteiger partial charge in [-0.25, -0.2) is 4.79 Å². The van der Waals surface area contributed by atoms with Gasteiger partial charge in [-0.3, -0.25) is 9.69 Å². The quantitative estimate of drug-likeness (QED) is 0.704. The normalized spacial score (nSPS) is 15.3. The molecule has 26 heavy (non-hydrogen) atoms. The Morgan fingerprint density at radius 3 is 2.46 bits per heavy atom. The second-order valence-electron chi connectivity index (χ2n) is 6.72. The number of rotatable bonds is 8. The smallest absolute Gasteiger partial charge is 0.338 e. The number of benzene rings is 1. The minimum absolute atomic E-state index is 0.0715. The molecule has 0 atom stereocenters. The third kappa shape index (κ3) is 6.00. The lowest BCUT2D eigenvalue weighted by Crippen LogP contribution is -2.55. The van der Waals surface area contributed by atoms with Gasteiger partial charge in [0.2, 0.25) is 0 Å². The van der Waals surface area contributed by atoms with Gasteiger partial charge in [-0.2, -0.15) is 0 Å². The Morgan fingerprint density at radius 1 is 1.19 bits per heavy atom. The van der Waals surface area contributed by atoms with E-state index < -0.39 is 0 Å². The number of nitrogens with one attached hydrogen (secondary N) is 1. The highest BCUT2D eigenvalue weighted by molar-refractivity contribution is 5.89. The second kappa shape index (κ2) is 9.54. The largest absolute Gasteiger partial charge is 0.484 e.